The molecule has 0 spiro atoms. The highest BCUT2D eigenvalue weighted by Gasteiger charge is 2.22. The van der Waals surface area contributed by atoms with Gasteiger partial charge < -0.3 is 0 Å². The molecular weight excluding hydrogens is 250 g/mol. The third kappa shape index (κ3) is 3.54. The van der Waals surface area contributed by atoms with Crippen LogP contribution >= 0.6 is 0 Å². The first-order chi connectivity index (χ1) is 8.68. The average molecular weight is 267 g/mol. The molecule has 1 saturated heterocycles. The zero-order chi connectivity index (χ0) is 12.8. The minimum atomic E-state index is -3.47. The molecule has 0 aromatic heterocycles. The lowest BCUT2D eigenvalue weighted by molar-refractivity contribution is 0.342. The Morgan fingerprint density at radius 2 is 1.78 bits per heavy atom. The van der Waals surface area contributed by atoms with Crippen molar-refractivity contribution >= 4 is 16.4 Å². The Labute approximate surface area is 108 Å². The highest BCUT2D eigenvalue weighted by Crippen LogP contribution is 2.11. The van der Waals surface area contributed by atoms with E-state index in [1.165, 1.54) is 10.5 Å². The van der Waals surface area contributed by atoms with Crippen molar-refractivity contribution in [2.45, 2.75) is 19.3 Å². The zero-order valence-corrected chi connectivity index (χ0v) is 10.9. The molecule has 0 bridgehead atoms. The van der Waals surface area contributed by atoms with Crippen LogP contribution in [0.15, 0.2) is 35.4 Å². The SMILES string of the molecule is O=S(=O)(N/N=C/c1ccccc1)N1CCCCC1. The van der Waals surface area contributed by atoms with E-state index in [1.807, 2.05) is 30.3 Å². The average Bonchev–Trinajstić information content (AvgIpc) is 2.41. The van der Waals surface area contributed by atoms with Crippen LogP contribution in [-0.2, 0) is 10.2 Å². The van der Waals surface area contributed by atoms with Gasteiger partial charge in [-0.3, -0.25) is 0 Å². The molecule has 0 unspecified atom stereocenters. The summed E-state index contributed by atoms with van der Waals surface area (Å²) in [6.45, 7) is 1.16. The normalized spacial score (nSPS) is 18.0. The van der Waals surface area contributed by atoms with Gasteiger partial charge in [-0.15, -0.1) is 0 Å². The highest BCUT2D eigenvalue weighted by molar-refractivity contribution is 7.87. The van der Waals surface area contributed by atoms with E-state index in [2.05, 4.69) is 9.93 Å². The summed E-state index contributed by atoms with van der Waals surface area (Å²) in [6.07, 6.45) is 4.44. The van der Waals surface area contributed by atoms with Crippen molar-refractivity contribution in [2.24, 2.45) is 5.10 Å². The van der Waals surface area contributed by atoms with Gasteiger partial charge in [-0.05, 0) is 18.4 Å². The van der Waals surface area contributed by atoms with Crippen molar-refractivity contribution in [2.75, 3.05) is 13.1 Å². The third-order valence-corrected chi connectivity index (χ3v) is 4.22. The summed E-state index contributed by atoms with van der Waals surface area (Å²) in [6, 6.07) is 9.37. The lowest BCUT2D eigenvalue weighted by Crippen LogP contribution is -2.41. The van der Waals surface area contributed by atoms with Crippen LogP contribution in [0.4, 0.5) is 0 Å². The third-order valence-electron chi connectivity index (χ3n) is 2.84. The van der Waals surface area contributed by atoms with Gasteiger partial charge in [0.15, 0.2) is 0 Å². The Morgan fingerprint density at radius 3 is 2.44 bits per heavy atom. The van der Waals surface area contributed by atoms with Crippen LogP contribution in [0.3, 0.4) is 0 Å². The molecular formula is C12H17N3O2S. The lowest BCUT2D eigenvalue weighted by Gasteiger charge is -2.24. The minimum absolute atomic E-state index is 0.580. The second kappa shape index (κ2) is 5.97. The quantitative estimate of drug-likeness (QED) is 0.661. The van der Waals surface area contributed by atoms with Crippen molar-refractivity contribution in [3.63, 3.8) is 0 Å². The molecule has 1 fully saturated rings. The predicted molar refractivity (Wildman–Crippen MR) is 71.5 cm³/mol. The molecule has 0 aliphatic carbocycles. The second-order valence-corrected chi connectivity index (χ2v) is 5.87. The van der Waals surface area contributed by atoms with Gasteiger partial charge in [0.05, 0.1) is 6.21 Å². The van der Waals surface area contributed by atoms with E-state index in [9.17, 15) is 8.42 Å². The van der Waals surface area contributed by atoms with Gasteiger partial charge in [0.1, 0.15) is 0 Å². The predicted octanol–water partition coefficient (Wildman–Crippen LogP) is 1.34. The van der Waals surface area contributed by atoms with Crippen LogP contribution < -0.4 is 4.83 Å². The van der Waals surface area contributed by atoms with E-state index in [0.29, 0.717) is 13.1 Å². The molecule has 0 radical (unpaired) electrons. The van der Waals surface area contributed by atoms with E-state index >= 15 is 0 Å². The number of piperidine rings is 1. The Balaban J connectivity index is 1.94. The number of hydrogen-bond acceptors (Lipinski definition) is 3. The topological polar surface area (TPSA) is 61.8 Å². The van der Waals surface area contributed by atoms with E-state index in [0.717, 1.165) is 24.8 Å². The zero-order valence-electron chi connectivity index (χ0n) is 10.1. The first-order valence-corrected chi connectivity index (χ1v) is 7.47. The summed E-state index contributed by atoms with van der Waals surface area (Å²) in [5, 5.41) is 3.78. The van der Waals surface area contributed by atoms with Crippen LogP contribution in [0, 0.1) is 0 Å². The largest absolute Gasteiger partial charge is 0.316 e. The molecule has 1 aromatic carbocycles. The fourth-order valence-corrected chi connectivity index (χ4v) is 2.91. The molecule has 1 aromatic rings. The van der Waals surface area contributed by atoms with Crippen LogP contribution in [0.25, 0.3) is 0 Å². The fourth-order valence-electron chi connectivity index (χ4n) is 1.87. The number of hydrazone groups is 1. The smallest absolute Gasteiger partial charge is 0.191 e. The van der Waals surface area contributed by atoms with Crippen LogP contribution in [0.2, 0.25) is 0 Å². The van der Waals surface area contributed by atoms with Gasteiger partial charge in [0.25, 0.3) is 0 Å². The molecule has 1 aliphatic rings. The molecule has 98 valence electrons. The van der Waals surface area contributed by atoms with E-state index in [1.54, 1.807) is 0 Å². The highest BCUT2D eigenvalue weighted by atomic mass is 32.2. The molecule has 0 amide bonds. The van der Waals surface area contributed by atoms with Gasteiger partial charge in [-0.1, -0.05) is 36.8 Å². The van der Waals surface area contributed by atoms with Crippen LogP contribution in [0.1, 0.15) is 24.8 Å². The molecule has 18 heavy (non-hydrogen) atoms. The van der Waals surface area contributed by atoms with Gasteiger partial charge in [0, 0.05) is 13.1 Å². The second-order valence-electron chi connectivity index (χ2n) is 4.22. The summed E-state index contributed by atoms with van der Waals surface area (Å²) in [4.78, 5) is 2.24. The van der Waals surface area contributed by atoms with Crippen molar-refractivity contribution in [1.29, 1.82) is 0 Å². The van der Waals surface area contributed by atoms with Crippen molar-refractivity contribution in [3.05, 3.63) is 35.9 Å². The van der Waals surface area contributed by atoms with Crippen LogP contribution in [0.5, 0.6) is 0 Å². The monoisotopic (exact) mass is 267 g/mol. The molecule has 2 rings (SSSR count). The van der Waals surface area contributed by atoms with Gasteiger partial charge >= 0.3 is 10.2 Å². The first kappa shape index (κ1) is 13.0. The fraction of sp³-hybridized carbons (Fsp3) is 0.417. The number of nitrogens with one attached hydrogen (secondary N) is 1. The lowest BCUT2D eigenvalue weighted by atomic mass is 10.2. The molecule has 1 N–H and O–H groups in total. The standard InChI is InChI=1S/C12H17N3O2S/c16-18(17,15-9-5-2-6-10-15)14-13-11-12-7-3-1-4-8-12/h1,3-4,7-8,11,14H,2,5-6,9-10H2/b13-11+. The Bertz CT molecular complexity index is 493. The maximum atomic E-state index is 11.9. The molecule has 1 heterocycles. The number of hydrogen-bond donors (Lipinski definition) is 1. The number of benzene rings is 1. The van der Waals surface area contributed by atoms with Gasteiger partial charge in [-0.2, -0.15) is 22.7 Å². The van der Waals surface area contributed by atoms with E-state index in [4.69, 9.17) is 0 Å². The Hall–Kier alpha value is -1.40. The molecule has 5 nitrogen and oxygen atoms in total. The van der Waals surface area contributed by atoms with E-state index < -0.39 is 10.2 Å². The maximum Gasteiger partial charge on any atom is 0.316 e. The molecule has 0 atom stereocenters. The molecule has 6 heteroatoms. The minimum Gasteiger partial charge on any atom is -0.191 e. The maximum absolute atomic E-state index is 11.9. The van der Waals surface area contributed by atoms with Gasteiger partial charge in [0.2, 0.25) is 0 Å². The van der Waals surface area contributed by atoms with Crippen molar-refractivity contribution in [1.82, 2.24) is 9.14 Å². The Kier molecular flexibility index (Phi) is 4.33. The summed E-state index contributed by atoms with van der Waals surface area (Å²) in [5.41, 5.74) is 0.860. The number of nitrogens with zero attached hydrogens (tertiary/aromatic N) is 2. The summed E-state index contributed by atoms with van der Waals surface area (Å²) in [7, 11) is -3.47. The van der Waals surface area contributed by atoms with Crippen LogP contribution in [-0.4, -0.2) is 32.0 Å². The summed E-state index contributed by atoms with van der Waals surface area (Å²) in [5.74, 6) is 0. The van der Waals surface area contributed by atoms with Crippen molar-refractivity contribution in [3.8, 4) is 0 Å². The van der Waals surface area contributed by atoms with Crippen molar-refractivity contribution < 1.29 is 8.42 Å². The van der Waals surface area contributed by atoms with E-state index in [-0.39, 0.29) is 0 Å². The Morgan fingerprint density at radius 1 is 1.11 bits per heavy atom. The first-order valence-electron chi connectivity index (χ1n) is 6.03. The molecule has 0 saturated carbocycles. The molecule has 1 aliphatic heterocycles. The van der Waals surface area contributed by atoms with Gasteiger partial charge in [-0.25, -0.2) is 0 Å². The number of rotatable bonds is 4. The summed E-state index contributed by atoms with van der Waals surface area (Å²) >= 11 is 0. The summed E-state index contributed by atoms with van der Waals surface area (Å²) < 4.78 is 25.2.